The summed E-state index contributed by atoms with van der Waals surface area (Å²) in [5.41, 5.74) is 2.28. The molecule has 0 saturated carbocycles. The summed E-state index contributed by atoms with van der Waals surface area (Å²) in [6.07, 6.45) is 1.79. The molecule has 1 fully saturated rings. The molecule has 2 amide bonds. The lowest BCUT2D eigenvalue weighted by molar-refractivity contribution is -0.128. The average molecular weight is 435 g/mol. The van der Waals surface area contributed by atoms with Crippen LogP contribution in [0.4, 0.5) is 5.69 Å². The van der Waals surface area contributed by atoms with Crippen LogP contribution in [-0.4, -0.2) is 49.6 Å². The van der Waals surface area contributed by atoms with Crippen LogP contribution in [0.5, 0.6) is 17.2 Å². The largest absolute Gasteiger partial charge is 0.497 e. The Hall–Kier alpha value is -3.81. The van der Waals surface area contributed by atoms with Crippen molar-refractivity contribution in [1.29, 1.82) is 0 Å². The lowest BCUT2D eigenvalue weighted by Gasteiger charge is -2.18. The second kappa shape index (κ2) is 9.13. The van der Waals surface area contributed by atoms with Crippen LogP contribution in [0.1, 0.15) is 12.0 Å². The van der Waals surface area contributed by atoms with Gasteiger partial charge < -0.3 is 24.4 Å². The quantitative estimate of drug-likeness (QED) is 0.613. The number of nitrogens with one attached hydrogen (secondary N) is 1. The summed E-state index contributed by atoms with van der Waals surface area (Å²) in [5, 5.41) is 3.78. The zero-order valence-electron chi connectivity index (χ0n) is 18.3. The van der Waals surface area contributed by atoms with E-state index in [2.05, 4.69) is 10.3 Å². The molecule has 8 heteroatoms. The second-order valence-electron chi connectivity index (χ2n) is 7.64. The first-order valence-electron chi connectivity index (χ1n) is 10.2. The molecule has 8 nitrogen and oxygen atoms in total. The van der Waals surface area contributed by atoms with E-state index in [-0.39, 0.29) is 18.2 Å². The number of benzene rings is 2. The van der Waals surface area contributed by atoms with Crippen molar-refractivity contribution in [2.75, 3.05) is 33.2 Å². The third-order valence-corrected chi connectivity index (χ3v) is 5.57. The second-order valence-corrected chi connectivity index (χ2v) is 7.64. The molecule has 1 atom stereocenters. The minimum Gasteiger partial charge on any atom is -0.497 e. The number of amides is 2. The maximum Gasteiger partial charge on any atom is 0.229 e. The van der Waals surface area contributed by atoms with Crippen LogP contribution in [0.2, 0.25) is 0 Å². The van der Waals surface area contributed by atoms with Gasteiger partial charge in [0.25, 0.3) is 0 Å². The van der Waals surface area contributed by atoms with E-state index in [1.807, 2.05) is 36.4 Å². The van der Waals surface area contributed by atoms with Gasteiger partial charge in [0.2, 0.25) is 11.8 Å². The van der Waals surface area contributed by atoms with Crippen molar-refractivity contribution in [3.05, 3.63) is 54.2 Å². The Labute approximate surface area is 186 Å². The molecule has 0 spiro atoms. The maximum atomic E-state index is 12.8. The van der Waals surface area contributed by atoms with E-state index in [1.54, 1.807) is 38.5 Å². The van der Waals surface area contributed by atoms with Gasteiger partial charge in [0.15, 0.2) is 11.5 Å². The van der Waals surface area contributed by atoms with Crippen molar-refractivity contribution in [2.45, 2.75) is 13.0 Å². The Morgan fingerprint density at radius 3 is 2.62 bits per heavy atom. The molecule has 4 rings (SSSR count). The van der Waals surface area contributed by atoms with Crippen LogP contribution in [0.3, 0.4) is 0 Å². The average Bonchev–Trinajstić information content (AvgIpc) is 3.18. The summed E-state index contributed by atoms with van der Waals surface area (Å²) in [6.45, 7) is 0.763. The van der Waals surface area contributed by atoms with Gasteiger partial charge in [-0.25, -0.2) is 0 Å². The van der Waals surface area contributed by atoms with Crippen molar-refractivity contribution < 1.29 is 23.8 Å². The summed E-state index contributed by atoms with van der Waals surface area (Å²) in [4.78, 5) is 31.4. The minimum atomic E-state index is -0.422. The van der Waals surface area contributed by atoms with Crippen molar-refractivity contribution in [3.63, 3.8) is 0 Å². The van der Waals surface area contributed by atoms with Crippen LogP contribution < -0.4 is 19.5 Å². The fourth-order valence-corrected chi connectivity index (χ4v) is 3.84. The standard InChI is InChI=1S/C24H25N3O5/c1-30-19-6-5-16-9-18(12-25-20(16)11-19)26-24(29)17-10-23(28)27(14-17)13-15-4-7-21(31-2)22(8-15)32-3/h4-9,11-12,17H,10,13-14H2,1-3H3,(H,26,29)/t17-/m0/s1. The van der Waals surface area contributed by atoms with E-state index in [0.29, 0.717) is 30.3 Å². The lowest BCUT2D eigenvalue weighted by Crippen LogP contribution is -2.28. The molecule has 32 heavy (non-hydrogen) atoms. The van der Waals surface area contributed by atoms with E-state index in [9.17, 15) is 9.59 Å². The molecule has 166 valence electrons. The van der Waals surface area contributed by atoms with E-state index < -0.39 is 5.92 Å². The molecule has 2 aromatic carbocycles. The first-order chi connectivity index (χ1) is 15.5. The van der Waals surface area contributed by atoms with Crippen LogP contribution in [0.15, 0.2) is 48.7 Å². The Kier molecular flexibility index (Phi) is 6.11. The van der Waals surface area contributed by atoms with Gasteiger partial charge in [-0.15, -0.1) is 0 Å². The number of fused-ring (bicyclic) bond motifs is 1. The van der Waals surface area contributed by atoms with Crippen LogP contribution in [0.25, 0.3) is 10.9 Å². The van der Waals surface area contributed by atoms with Gasteiger partial charge in [0.1, 0.15) is 5.75 Å². The van der Waals surface area contributed by atoms with E-state index >= 15 is 0 Å². The van der Waals surface area contributed by atoms with Gasteiger partial charge in [0, 0.05) is 31.0 Å². The number of aromatic nitrogens is 1. The summed E-state index contributed by atoms with van der Waals surface area (Å²) in [5.74, 6) is 1.29. The summed E-state index contributed by atoms with van der Waals surface area (Å²) in [7, 11) is 4.75. The number of ether oxygens (including phenoxy) is 3. The molecule has 1 saturated heterocycles. The molecule has 1 N–H and O–H groups in total. The Balaban J connectivity index is 1.41. The highest BCUT2D eigenvalue weighted by molar-refractivity contribution is 5.98. The van der Waals surface area contributed by atoms with Crippen molar-refractivity contribution >= 4 is 28.4 Å². The molecule has 1 aliphatic rings. The molecule has 3 aromatic rings. The van der Waals surface area contributed by atoms with Crippen LogP contribution >= 0.6 is 0 Å². The molecular formula is C24H25N3O5. The minimum absolute atomic E-state index is 0.0522. The van der Waals surface area contributed by atoms with Crippen molar-refractivity contribution in [2.24, 2.45) is 5.92 Å². The number of pyridine rings is 1. The number of carbonyl (C=O) groups is 2. The first-order valence-corrected chi connectivity index (χ1v) is 10.2. The molecule has 1 aliphatic heterocycles. The monoisotopic (exact) mass is 435 g/mol. The van der Waals surface area contributed by atoms with Gasteiger partial charge in [-0.1, -0.05) is 6.07 Å². The van der Waals surface area contributed by atoms with Gasteiger partial charge in [-0.3, -0.25) is 14.6 Å². The number of rotatable bonds is 7. The zero-order chi connectivity index (χ0) is 22.7. The number of likely N-dealkylation sites (tertiary alicyclic amines) is 1. The third kappa shape index (κ3) is 4.44. The summed E-state index contributed by atoms with van der Waals surface area (Å²) in [6, 6.07) is 13.0. The van der Waals surface area contributed by atoms with E-state index in [0.717, 1.165) is 22.2 Å². The summed E-state index contributed by atoms with van der Waals surface area (Å²) < 4.78 is 15.8. The Morgan fingerprint density at radius 2 is 1.88 bits per heavy atom. The SMILES string of the molecule is COc1ccc2cc(NC(=O)[C@H]3CC(=O)N(Cc4ccc(OC)c(OC)c4)C3)cnc2c1. The predicted octanol–water partition coefficient (Wildman–Crippen LogP) is 3.25. The number of nitrogens with zero attached hydrogens (tertiary/aromatic N) is 2. The third-order valence-electron chi connectivity index (χ3n) is 5.57. The summed E-state index contributed by atoms with van der Waals surface area (Å²) >= 11 is 0. The van der Waals surface area contributed by atoms with Crippen LogP contribution in [0, 0.1) is 5.92 Å². The molecule has 0 bridgehead atoms. The Bertz CT molecular complexity index is 1160. The van der Waals surface area contributed by atoms with Crippen LogP contribution in [-0.2, 0) is 16.1 Å². The molecule has 0 radical (unpaired) electrons. The first kappa shape index (κ1) is 21.4. The van der Waals surface area contributed by atoms with Gasteiger partial charge in [0.05, 0.1) is 44.6 Å². The topological polar surface area (TPSA) is 90.0 Å². The molecule has 1 aromatic heterocycles. The highest BCUT2D eigenvalue weighted by Crippen LogP contribution is 2.29. The number of hydrogen-bond donors (Lipinski definition) is 1. The van der Waals surface area contributed by atoms with Gasteiger partial charge in [-0.05, 0) is 35.9 Å². The lowest BCUT2D eigenvalue weighted by atomic mass is 10.1. The Morgan fingerprint density at radius 1 is 1.06 bits per heavy atom. The molecular weight excluding hydrogens is 410 g/mol. The normalized spacial score (nSPS) is 15.7. The molecule has 0 unspecified atom stereocenters. The van der Waals surface area contributed by atoms with Crippen molar-refractivity contribution in [3.8, 4) is 17.2 Å². The van der Waals surface area contributed by atoms with Crippen molar-refractivity contribution in [1.82, 2.24) is 9.88 Å². The van der Waals surface area contributed by atoms with E-state index in [4.69, 9.17) is 14.2 Å². The van der Waals surface area contributed by atoms with E-state index in [1.165, 1.54) is 0 Å². The fourth-order valence-electron chi connectivity index (χ4n) is 3.84. The number of carbonyl (C=O) groups excluding carboxylic acids is 2. The highest BCUT2D eigenvalue weighted by atomic mass is 16.5. The highest BCUT2D eigenvalue weighted by Gasteiger charge is 2.34. The van der Waals surface area contributed by atoms with Gasteiger partial charge in [-0.2, -0.15) is 0 Å². The smallest absolute Gasteiger partial charge is 0.229 e. The zero-order valence-corrected chi connectivity index (χ0v) is 18.3. The van der Waals surface area contributed by atoms with Gasteiger partial charge >= 0.3 is 0 Å². The number of methoxy groups -OCH3 is 3. The molecule has 2 heterocycles. The maximum absolute atomic E-state index is 12.8. The number of hydrogen-bond acceptors (Lipinski definition) is 6. The fraction of sp³-hybridized carbons (Fsp3) is 0.292. The molecule has 0 aliphatic carbocycles. The number of anilines is 1. The predicted molar refractivity (Wildman–Crippen MR) is 120 cm³/mol.